The molecule has 4 heterocycles. The number of aromatic nitrogens is 4. The first-order chi connectivity index (χ1) is 20.2. The molecule has 2 aliphatic heterocycles. The SMILES string of the molecule is CC[C@@]1(c2c[nH]c(=O)[nH]c2=O)O[C@H](CO)[C@@H](O)[C@H]1O.NC(CCn1c(=O)ccn([C@@H]2O[C@H](CO)[C@@H](O)[C@H]2O)c1=O)C(=O)O. The fourth-order valence-electron chi connectivity index (χ4n) is 4.90. The van der Waals surface area contributed by atoms with Crippen LogP contribution in [0.5, 0.6) is 0 Å². The number of nitrogens with zero attached hydrogens (tertiary/aromatic N) is 2. The van der Waals surface area contributed by atoms with Crippen molar-refractivity contribution in [3.05, 3.63) is 65.7 Å². The molecule has 1 unspecified atom stereocenters. The van der Waals surface area contributed by atoms with Crippen LogP contribution >= 0.6 is 0 Å². The zero-order valence-electron chi connectivity index (χ0n) is 22.8. The van der Waals surface area contributed by atoms with Crippen molar-refractivity contribution in [2.45, 2.75) is 80.8 Å². The minimum absolute atomic E-state index is 0.0112. The highest BCUT2D eigenvalue weighted by Crippen LogP contribution is 2.40. The average molecular weight is 618 g/mol. The van der Waals surface area contributed by atoms with Crippen LogP contribution in [0.3, 0.4) is 0 Å². The average Bonchev–Trinajstić information content (AvgIpc) is 3.40. The van der Waals surface area contributed by atoms with E-state index in [9.17, 15) is 44.4 Å². The van der Waals surface area contributed by atoms with Crippen LogP contribution in [0.25, 0.3) is 0 Å². The summed E-state index contributed by atoms with van der Waals surface area (Å²) >= 11 is 0. The van der Waals surface area contributed by atoms with Crippen molar-refractivity contribution in [3.8, 4) is 0 Å². The summed E-state index contributed by atoms with van der Waals surface area (Å²) < 4.78 is 12.4. The van der Waals surface area contributed by atoms with Crippen LogP contribution in [0.15, 0.2) is 37.6 Å². The second-order valence-corrected chi connectivity index (χ2v) is 9.96. The highest BCUT2D eigenvalue weighted by atomic mass is 16.6. The standard InChI is InChI=1S/C13H19N3O8.C11H16N2O6/c14-6(12(21)22)1-3-15-8(18)2-4-16(13(15)23)11-10(20)9(19)7(5-17)24-11;1-2-11(5-3-12-10(18)13-9(5)17)8(16)7(15)6(4-14)19-11/h2,4,6-7,9-11,17,19-20H,1,3,5,14H2,(H,21,22);3,6-8,14-16H,2,4H2,1H3,(H2,12,13,17,18)/t6?,7-,9-,10-,11-;6-,7-,8-,11+/m11/s1. The zero-order valence-corrected chi connectivity index (χ0v) is 22.8. The first-order valence-corrected chi connectivity index (χ1v) is 13.1. The Morgan fingerprint density at radius 1 is 1.07 bits per heavy atom. The number of carbonyl (C=O) groups is 1. The van der Waals surface area contributed by atoms with Gasteiger partial charge < -0.3 is 55.9 Å². The van der Waals surface area contributed by atoms with Crippen LogP contribution in [0.2, 0.25) is 0 Å². The molecule has 0 saturated carbocycles. The maximum Gasteiger partial charge on any atom is 0.333 e. The molecule has 19 heteroatoms. The van der Waals surface area contributed by atoms with E-state index in [2.05, 4.69) is 4.98 Å². The lowest BCUT2D eigenvalue weighted by molar-refractivity contribution is -0.138. The Morgan fingerprint density at radius 2 is 1.72 bits per heavy atom. The van der Waals surface area contributed by atoms with Crippen molar-refractivity contribution in [2.24, 2.45) is 5.73 Å². The van der Waals surface area contributed by atoms with Gasteiger partial charge in [0.2, 0.25) is 0 Å². The van der Waals surface area contributed by atoms with Gasteiger partial charge in [0.15, 0.2) is 6.23 Å². The molecule has 0 spiro atoms. The van der Waals surface area contributed by atoms with Crippen molar-refractivity contribution < 1.29 is 50.0 Å². The second kappa shape index (κ2) is 13.8. The molecular formula is C24H35N5O14. The van der Waals surface area contributed by atoms with Crippen LogP contribution in [-0.4, -0.2) is 117 Å². The summed E-state index contributed by atoms with van der Waals surface area (Å²) in [5, 5.41) is 66.6. The second-order valence-electron chi connectivity index (χ2n) is 9.96. The number of aliphatic carboxylic acids is 1. The molecule has 2 aromatic rings. The number of aliphatic hydroxyl groups excluding tert-OH is 6. The number of hydrogen-bond donors (Lipinski definition) is 10. The van der Waals surface area contributed by atoms with Gasteiger partial charge in [0.1, 0.15) is 48.3 Å². The van der Waals surface area contributed by atoms with Crippen molar-refractivity contribution in [2.75, 3.05) is 13.2 Å². The summed E-state index contributed by atoms with van der Waals surface area (Å²) in [7, 11) is 0. The quantitative estimate of drug-likeness (QED) is 0.125. The van der Waals surface area contributed by atoms with Gasteiger partial charge >= 0.3 is 17.3 Å². The van der Waals surface area contributed by atoms with Gasteiger partial charge in [-0.1, -0.05) is 6.92 Å². The van der Waals surface area contributed by atoms with Crippen molar-refractivity contribution in [1.82, 2.24) is 19.1 Å². The van der Waals surface area contributed by atoms with Gasteiger partial charge in [0.05, 0.1) is 18.8 Å². The molecule has 9 atom stereocenters. The number of carboxylic acids is 1. The number of H-pyrrole nitrogens is 2. The first kappa shape index (κ1) is 34.0. The van der Waals surface area contributed by atoms with Gasteiger partial charge in [-0.3, -0.25) is 28.5 Å². The fraction of sp³-hybridized carbons (Fsp3) is 0.625. The van der Waals surface area contributed by atoms with Crippen LogP contribution in [0.1, 0.15) is 31.6 Å². The summed E-state index contributed by atoms with van der Waals surface area (Å²) in [5.74, 6) is -1.26. The van der Waals surface area contributed by atoms with Crippen LogP contribution in [0.4, 0.5) is 0 Å². The molecular weight excluding hydrogens is 582 g/mol. The highest BCUT2D eigenvalue weighted by Gasteiger charge is 2.55. The molecule has 2 aliphatic rings. The van der Waals surface area contributed by atoms with E-state index in [-0.39, 0.29) is 24.9 Å². The van der Waals surface area contributed by atoms with Gasteiger partial charge in [0.25, 0.3) is 11.1 Å². The molecule has 2 saturated heterocycles. The number of aliphatic hydroxyl groups is 6. The molecule has 0 amide bonds. The topological polar surface area (TPSA) is 313 Å². The van der Waals surface area contributed by atoms with Gasteiger partial charge in [-0.15, -0.1) is 0 Å². The molecule has 11 N–H and O–H groups in total. The number of ether oxygens (including phenoxy) is 2. The van der Waals surface area contributed by atoms with Crippen LogP contribution in [-0.2, 0) is 26.4 Å². The molecule has 4 rings (SSSR count). The van der Waals surface area contributed by atoms with E-state index >= 15 is 0 Å². The van der Waals surface area contributed by atoms with E-state index in [1.807, 2.05) is 4.98 Å². The van der Waals surface area contributed by atoms with Gasteiger partial charge in [0, 0.05) is 25.0 Å². The van der Waals surface area contributed by atoms with Gasteiger partial charge in [-0.2, -0.15) is 0 Å². The summed E-state index contributed by atoms with van der Waals surface area (Å²) in [6, 6.07) is -0.193. The van der Waals surface area contributed by atoms with E-state index in [1.54, 1.807) is 6.92 Å². The Kier molecular flexibility index (Phi) is 10.9. The predicted molar refractivity (Wildman–Crippen MR) is 142 cm³/mol. The molecule has 19 nitrogen and oxygen atoms in total. The van der Waals surface area contributed by atoms with E-state index in [1.165, 1.54) is 0 Å². The van der Waals surface area contributed by atoms with Crippen molar-refractivity contribution in [1.29, 1.82) is 0 Å². The minimum atomic E-state index is -1.48. The maximum absolute atomic E-state index is 12.4. The lowest BCUT2D eigenvalue weighted by Gasteiger charge is -2.30. The van der Waals surface area contributed by atoms with Gasteiger partial charge in [-0.25, -0.2) is 9.59 Å². The molecule has 0 radical (unpaired) electrons. The Bertz CT molecular complexity index is 1500. The van der Waals surface area contributed by atoms with Crippen molar-refractivity contribution >= 4 is 5.97 Å². The normalized spacial score (nSPS) is 30.9. The minimum Gasteiger partial charge on any atom is -0.480 e. The van der Waals surface area contributed by atoms with Crippen molar-refractivity contribution in [3.63, 3.8) is 0 Å². The van der Waals surface area contributed by atoms with E-state index in [4.69, 9.17) is 30.5 Å². The fourth-order valence-corrected chi connectivity index (χ4v) is 4.90. The summed E-state index contributed by atoms with van der Waals surface area (Å²) in [6.07, 6.45) is -6.61. The number of carboxylic acid groups (broad SMARTS) is 1. The molecule has 2 fully saturated rings. The Balaban J connectivity index is 0.000000242. The Morgan fingerprint density at radius 3 is 2.23 bits per heavy atom. The highest BCUT2D eigenvalue weighted by molar-refractivity contribution is 5.72. The molecule has 240 valence electrons. The number of nitrogens with two attached hydrogens (primary N) is 1. The lowest BCUT2D eigenvalue weighted by Crippen LogP contribution is -2.45. The third-order valence-corrected chi connectivity index (χ3v) is 7.39. The maximum atomic E-state index is 12.4. The number of aromatic amines is 2. The van der Waals surface area contributed by atoms with Crippen LogP contribution in [0, 0.1) is 0 Å². The van der Waals surface area contributed by atoms with Gasteiger partial charge in [-0.05, 0) is 12.8 Å². The number of rotatable bonds is 9. The molecule has 2 aromatic heterocycles. The summed E-state index contributed by atoms with van der Waals surface area (Å²) in [6.45, 7) is 0.388. The number of nitrogens with one attached hydrogen (secondary N) is 2. The van der Waals surface area contributed by atoms with E-state index < -0.39 is 96.2 Å². The predicted octanol–water partition coefficient (Wildman–Crippen LogP) is -5.80. The number of hydrogen-bond acceptors (Lipinski definition) is 14. The molecule has 0 aliphatic carbocycles. The van der Waals surface area contributed by atoms with Crippen LogP contribution < -0.4 is 28.2 Å². The lowest BCUT2D eigenvalue weighted by atomic mass is 9.86. The summed E-state index contributed by atoms with van der Waals surface area (Å²) in [4.78, 5) is 62.1. The Hall–Kier alpha value is -3.53. The summed E-state index contributed by atoms with van der Waals surface area (Å²) in [5.41, 5.74) is 1.02. The Labute approximate surface area is 241 Å². The smallest absolute Gasteiger partial charge is 0.333 e. The molecule has 43 heavy (non-hydrogen) atoms. The van der Waals surface area contributed by atoms with E-state index in [0.29, 0.717) is 0 Å². The molecule has 0 aromatic carbocycles. The first-order valence-electron chi connectivity index (χ1n) is 13.1. The third-order valence-electron chi connectivity index (χ3n) is 7.39. The largest absolute Gasteiger partial charge is 0.480 e. The monoisotopic (exact) mass is 617 g/mol. The molecule has 0 bridgehead atoms. The van der Waals surface area contributed by atoms with E-state index in [0.717, 1.165) is 27.6 Å². The third kappa shape index (κ3) is 6.69. The zero-order chi connectivity index (χ0) is 32.2.